The molecule has 0 aliphatic carbocycles. The number of benzene rings is 1. The average Bonchev–Trinajstić information content (AvgIpc) is 2.93. The van der Waals surface area contributed by atoms with Crippen LogP contribution in [0.4, 0.5) is 11.5 Å². The summed E-state index contributed by atoms with van der Waals surface area (Å²) in [4.78, 5) is 2.26. The monoisotopic (exact) mass is 269 g/mol. The molecule has 3 rings (SSSR count). The standard InChI is InChI=1S/C15H19N5/c16-13-6-7-20(11-13)14-8-15(19-18-10-14)17-9-12-4-2-1-3-5-12/h1-5,8,10,13H,6-7,9,11,16H2,(H,17,19)/t13-/m1/s1. The van der Waals surface area contributed by atoms with Gasteiger partial charge in [0.2, 0.25) is 0 Å². The number of hydrogen-bond donors (Lipinski definition) is 2. The molecule has 0 radical (unpaired) electrons. The fourth-order valence-electron chi connectivity index (χ4n) is 2.43. The van der Waals surface area contributed by atoms with Gasteiger partial charge in [0, 0.05) is 31.7 Å². The second kappa shape index (κ2) is 5.88. The number of anilines is 2. The van der Waals surface area contributed by atoms with Crippen molar-refractivity contribution in [1.29, 1.82) is 0 Å². The molecule has 1 aliphatic rings. The molecule has 5 nitrogen and oxygen atoms in total. The zero-order chi connectivity index (χ0) is 13.8. The van der Waals surface area contributed by atoms with E-state index in [4.69, 9.17) is 5.73 Å². The number of aromatic nitrogens is 2. The molecule has 1 aromatic heterocycles. The first kappa shape index (κ1) is 12.9. The fourth-order valence-corrected chi connectivity index (χ4v) is 2.43. The van der Waals surface area contributed by atoms with E-state index >= 15 is 0 Å². The first-order valence-electron chi connectivity index (χ1n) is 6.92. The molecule has 2 aromatic rings. The quantitative estimate of drug-likeness (QED) is 0.883. The number of nitrogens with two attached hydrogens (primary N) is 1. The summed E-state index contributed by atoms with van der Waals surface area (Å²) in [6, 6.07) is 12.6. The van der Waals surface area contributed by atoms with E-state index in [0.29, 0.717) is 0 Å². The lowest BCUT2D eigenvalue weighted by molar-refractivity contribution is 0.752. The van der Waals surface area contributed by atoms with Crippen LogP contribution in [-0.2, 0) is 6.54 Å². The van der Waals surface area contributed by atoms with Crippen molar-refractivity contribution in [2.24, 2.45) is 5.73 Å². The smallest absolute Gasteiger partial charge is 0.150 e. The Kier molecular flexibility index (Phi) is 3.78. The Morgan fingerprint density at radius 1 is 1.30 bits per heavy atom. The molecule has 1 saturated heterocycles. The Balaban J connectivity index is 1.65. The van der Waals surface area contributed by atoms with E-state index in [9.17, 15) is 0 Å². The van der Waals surface area contributed by atoms with E-state index in [1.165, 1.54) is 5.56 Å². The van der Waals surface area contributed by atoms with Crippen molar-refractivity contribution >= 4 is 11.5 Å². The first-order valence-corrected chi connectivity index (χ1v) is 6.92. The van der Waals surface area contributed by atoms with Gasteiger partial charge >= 0.3 is 0 Å². The van der Waals surface area contributed by atoms with Gasteiger partial charge in [-0.1, -0.05) is 30.3 Å². The lowest BCUT2D eigenvalue weighted by Crippen LogP contribution is -2.26. The maximum Gasteiger partial charge on any atom is 0.150 e. The van der Waals surface area contributed by atoms with Crippen molar-refractivity contribution in [1.82, 2.24) is 10.2 Å². The predicted molar refractivity (Wildman–Crippen MR) is 80.6 cm³/mol. The van der Waals surface area contributed by atoms with E-state index in [1.54, 1.807) is 6.20 Å². The molecule has 5 heteroatoms. The van der Waals surface area contributed by atoms with Gasteiger partial charge in [0.25, 0.3) is 0 Å². The highest BCUT2D eigenvalue weighted by molar-refractivity contribution is 5.53. The Morgan fingerprint density at radius 2 is 2.15 bits per heavy atom. The van der Waals surface area contributed by atoms with Gasteiger partial charge in [0.1, 0.15) is 0 Å². The van der Waals surface area contributed by atoms with Crippen LogP contribution in [0.1, 0.15) is 12.0 Å². The average molecular weight is 269 g/mol. The molecule has 0 unspecified atom stereocenters. The molecule has 1 aliphatic heterocycles. The highest BCUT2D eigenvalue weighted by Crippen LogP contribution is 2.20. The summed E-state index contributed by atoms with van der Waals surface area (Å²) in [5.74, 6) is 0.798. The van der Waals surface area contributed by atoms with Crippen LogP contribution in [0.5, 0.6) is 0 Å². The summed E-state index contributed by atoms with van der Waals surface area (Å²) in [5, 5.41) is 11.5. The highest BCUT2D eigenvalue weighted by atomic mass is 15.2. The summed E-state index contributed by atoms with van der Waals surface area (Å²) in [5.41, 5.74) is 8.25. The van der Waals surface area contributed by atoms with Gasteiger partial charge in [0.15, 0.2) is 5.82 Å². The molecular weight excluding hydrogens is 250 g/mol. The minimum Gasteiger partial charge on any atom is -0.369 e. The van der Waals surface area contributed by atoms with Gasteiger partial charge in [-0.3, -0.25) is 0 Å². The molecule has 3 N–H and O–H groups in total. The minimum absolute atomic E-state index is 0.267. The molecule has 20 heavy (non-hydrogen) atoms. The van der Waals surface area contributed by atoms with Gasteiger partial charge in [0.05, 0.1) is 11.9 Å². The van der Waals surface area contributed by atoms with Gasteiger partial charge in [-0.15, -0.1) is 5.10 Å². The summed E-state index contributed by atoms with van der Waals surface area (Å²) < 4.78 is 0. The Hall–Kier alpha value is -2.14. The third-order valence-electron chi connectivity index (χ3n) is 3.55. The van der Waals surface area contributed by atoms with Crippen LogP contribution in [0.3, 0.4) is 0 Å². The van der Waals surface area contributed by atoms with E-state index in [1.807, 2.05) is 24.3 Å². The summed E-state index contributed by atoms with van der Waals surface area (Å²) in [6.07, 6.45) is 2.83. The third kappa shape index (κ3) is 3.05. The second-order valence-electron chi connectivity index (χ2n) is 5.13. The third-order valence-corrected chi connectivity index (χ3v) is 3.55. The highest BCUT2D eigenvalue weighted by Gasteiger charge is 2.19. The second-order valence-corrected chi connectivity index (χ2v) is 5.13. The zero-order valence-electron chi connectivity index (χ0n) is 11.4. The van der Waals surface area contributed by atoms with E-state index in [0.717, 1.165) is 37.6 Å². The number of rotatable bonds is 4. The Labute approximate surface area is 118 Å². The molecule has 0 saturated carbocycles. The molecule has 0 spiro atoms. The molecule has 0 bridgehead atoms. The van der Waals surface area contributed by atoms with E-state index in [-0.39, 0.29) is 6.04 Å². The molecule has 1 aromatic carbocycles. The van der Waals surface area contributed by atoms with Crippen molar-refractivity contribution in [3.63, 3.8) is 0 Å². The van der Waals surface area contributed by atoms with Crippen molar-refractivity contribution in [3.8, 4) is 0 Å². The zero-order valence-corrected chi connectivity index (χ0v) is 11.4. The van der Waals surface area contributed by atoms with Crippen LogP contribution in [0, 0.1) is 0 Å². The maximum absolute atomic E-state index is 5.94. The Morgan fingerprint density at radius 3 is 2.90 bits per heavy atom. The topological polar surface area (TPSA) is 67.1 Å². The van der Waals surface area contributed by atoms with Gasteiger partial charge < -0.3 is 16.0 Å². The molecular formula is C15H19N5. The Bertz CT molecular complexity index is 557. The number of nitrogens with zero attached hydrogens (tertiary/aromatic N) is 3. The number of nitrogens with one attached hydrogen (secondary N) is 1. The van der Waals surface area contributed by atoms with Crippen molar-refractivity contribution < 1.29 is 0 Å². The normalized spacial score (nSPS) is 18.2. The van der Waals surface area contributed by atoms with Gasteiger partial charge in [-0.05, 0) is 12.0 Å². The van der Waals surface area contributed by atoms with Crippen molar-refractivity contribution in [3.05, 3.63) is 48.2 Å². The molecule has 104 valence electrons. The van der Waals surface area contributed by atoms with Crippen LogP contribution in [0.15, 0.2) is 42.6 Å². The fraction of sp³-hybridized carbons (Fsp3) is 0.333. The van der Waals surface area contributed by atoms with Crippen LogP contribution in [0.2, 0.25) is 0 Å². The van der Waals surface area contributed by atoms with Gasteiger partial charge in [-0.25, -0.2) is 0 Å². The predicted octanol–water partition coefficient (Wildman–Crippen LogP) is 1.63. The lowest BCUT2D eigenvalue weighted by Gasteiger charge is -2.18. The number of hydrogen-bond acceptors (Lipinski definition) is 5. The lowest BCUT2D eigenvalue weighted by atomic mass is 10.2. The summed E-state index contributed by atoms with van der Waals surface area (Å²) in [6.45, 7) is 2.63. The molecule has 0 amide bonds. The summed E-state index contributed by atoms with van der Waals surface area (Å²) >= 11 is 0. The molecule has 2 heterocycles. The SMILES string of the molecule is N[C@@H]1CCN(c2cnnc(NCc3ccccc3)c2)C1. The van der Waals surface area contributed by atoms with Crippen LogP contribution >= 0.6 is 0 Å². The molecule has 1 fully saturated rings. The van der Waals surface area contributed by atoms with Crippen molar-refractivity contribution in [2.45, 2.75) is 19.0 Å². The largest absolute Gasteiger partial charge is 0.369 e. The van der Waals surface area contributed by atoms with E-state index in [2.05, 4.69) is 32.5 Å². The van der Waals surface area contributed by atoms with E-state index < -0.39 is 0 Å². The maximum atomic E-state index is 5.94. The van der Waals surface area contributed by atoms with Crippen LogP contribution in [0.25, 0.3) is 0 Å². The summed E-state index contributed by atoms with van der Waals surface area (Å²) in [7, 11) is 0. The van der Waals surface area contributed by atoms with Crippen LogP contribution in [-0.4, -0.2) is 29.3 Å². The minimum atomic E-state index is 0.267. The van der Waals surface area contributed by atoms with Crippen LogP contribution < -0.4 is 16.0 Å². The van der Waals surface area contributed by atoms with Crippen molar-refractivity contribution in [2.75, 3.05) is 23.3 Å². The van der Waals surface area contributed by atoms with Gasteiger partial charge in [-0.2, -0.15) is 5.10 Å². The molecule has 1 atom stereocenters. The first-order chi connectivity index (χ1) is 9.81.